The lowest BCUT2D eigenvalue weighted by atomic mass is 10.1. The third-order valence-corrected chi connectivity index (χ3v) is 9.12. The van der Waals surface area contributed by atoms with Crippen LogP contribution in [0.5, 0.6) is 11.5 Å². The Labute approximate surface area is 280 Å². The summed E-state index contributed by atoms with van der Waals surface area (Å²) in [5.41, 5.74) is 3.72. The first-order chi connectivity index (χ1) is 20.9. The second-order valence-corrected chi connectivity index (χ2v) is 12.7. The number of ether oxygens (including phenoxy) is 2. The molecule has 0 saturated heterocycles. The SMILES string of the molecule is C.CN1CN=C(SCc2ccc(Cl)cc2)NC1.COc1ccc(CCN2CN=C(SCc3ccc(Cl)cc3)NC2)cc1OC. The maximum absolute atomic E-state index is 5.92. The van der Waals surface area contributed by atoms with Crippen molar-refractivity contribution in [2.45, 2.75) is 25.4 Å². The Morgan fingerprint density at radius 2 is 1.25 bits per heavy atom. The number of thioether (sulfide) groups is 2. The van der Waals surface area contributed by atoms with Crippen molar-refractivity contribution in [2.75, 3.05) is 54.5 Å². The summed E-state index contributed by atoms with van der Waals surface area (Å²) < 4.78 is 10.7. The zero-order valence-corrected chi connectivity index (χ0v) is 27.8. The zero-order valence-electron chi connectivity index (χ0n) is 24.7. The number of hydrogen-bond donors (Lipinski definition) is 2. The van der Waals surface area contributed by atoms with Crippen LogP contribution >= 0.6 is 46.7 Å². The maximum atomic E-state index is 5.92. The van der Waals surface area contributed by atoms with E-state index in [4.69, 9.17) is 32.7 Å². The van der Waals surface area contributed by atoms with E-state index in [1.165, 1.54) is 16.7 Å². The van der Waals surface area contributed by atoms with Gasteiger partial charge in [0.2, 0.25) is 0 Å². The quantitative estimate of drug-likeness (QED) is 0.250. The molecule has 2 aliphatic heterocycles. The van der Waals surface area contributed by atoms with Crippen LogP contribution in [0.25, 0.3) is 0 Å². The van der Waals surface area contributed by atoms with Gasteiger partial charge in [0.25, 0.3) is 0 Å². The lowest BCUT2D eigenvalue weighted by Crippen LogP contribution is -2.42. The maximum Gasteiger partial charge on any atom is 0.160 e. The number of hydrogen-bond acceptors (Lipinski definition) is 10. The topological polar surface area (TPSA) is 73.7 Å². The van der Waals surface area contributed by atoms with E-state index in [9.17, 15) is 0 Å². The summed E-state index contributed by atoms with van der Waals surface area (Å²) in [5, 5.41) is 10.2. The molecule has 2 heterocycles. The Morgan fingerprint density at radius 3 is 1.73 bits per heavy atom. The molecule has 3 aromatic rings. The van der Waals surface area contributed by atoms with E-state index >= 15 is 0 Å². The minimum Gasteiger partial charge on any atom is -0.493 e. The first-order valence-corrected chi connectivity index (χ1v) is 16.6. The lowest BCUT2D eigenvalue weighted by Gasteiger charge is -2.26. The molecule has 0 radical (unpaired) electrons. The summed E-state index contributed by atoms with van der Waals surface area (Å²) in [6.07, 6.45) is 0.935. The molecule has 0 fully saturated rings. The van der Waals surface area contributed by atoms with Crippen molar-refractivity contribution in [3.63, 3.8) is 0 Å². The van der Waals surface area contributed by atoms with E-state index in [1.807, 2.05) is 67.7 Å². The van der Waals surface area contributed by atoms with Crippen LogP contribution in [0.1, 0.15) is 24.1 Å². The van der Waals surface area contributed by atoms with Gasteiger partial charge in [-0.05, 0) is 66.6 Å². The predicted molar refractivity (Wildman–Crippen MR) is 191 cm³/mol. The van der Waals surface area contributed by atoms with Crippen LogP contribution < -0.4 is 20.1 Å². The molecule has 44 heavy (non-hydrogen) atoms. The molecule has 0 atom stereocenters. The van der Waals surface area contributed by atoms with Crippen molar-refractivity contribution < 1.29 is 9.47 Å². The van der Waals surface area contributed by atoms with Gasteiger partial charge in [0.05, 0.1) is 40.9 Å². The fourth-order valence-electron chi connectivity index (χ4n) is 4.07. The molecule has 5 rings (SSSR count). The Bertz CT molecular complexity index is 1360. The van der Waals surface area contributed by atoms with Gasteiger partial charge in [-0.15, -0.1) is 0 Å². The molecular formula is C32H42Cl2N6O2S2. The van der Waals surface area contributed by atoms with Gasteiger partial charge in [0.15, 0.2) is 21.8 Å². The van der Waals surface area contributed by atoms with Crippen LogP contribution in [-0.2, 0) is 17.9 Å². The highest BCUT2D eigenvalue weighted by Crippen LogP contribution is 2.28. The first kappa shape index (κ1) is 35.9. The predicted octanol–water partition coefficient (Wildman–Crippen LogP) is 7.02. The Kier molecular flexibility index (Phi) is 15.5. The Balaban J connectivity index is 0.000000266. The van der Waals surface area contributed by atoms with Gasteiger partial charge in [0.1, 0.15) is 0 Å². The van der Waals surface area contributed by atoms with E-state index in [-0.39, 0.29) is 7.43 Å². The number of aliphatic imine (C=N–C) groups is 2. The summed E-state index contributed by atoms with van der Waals surface area (Å²) >= 11 is 15.2. The molecule has 238 valence electrons. The van der Waals surface area contributed by atoms with E-state index in [0.717, 1.165) is 76.4 Å². The minimum absolute atomic E-state index is 0. The van der Waals surface area contributed by atoms with Gasteiger partial charge in [-0.2, -0.15) is 0 Å². The number of amidine groups is 2. The lowest BCUT2D eigenvalue weighted by molar-refractivity contribution is 0.270. The van der Waals surface area contributed by atoms with Crippen molar-refractivity contribution in [3.8, 4) is 11.5 Å². The summed E-state index contributed by atoms with van der Waals surface area (Å²) in [5.74, 6) is 3.33. The number of nitrogens with one attached hydrogen (secondary N) is 2. The number of halogens is 2. The largest absolute Gasteiger partial charge is 0.493 e. The Morgan fingerprint density at radius 1 is 0.727 bits per heavy atom. The minimum atomic E-state index is 0. The van der Waals surface area contributed by atoms with E-state index in [0.29, 0.717) is 6.67 Å². The first-order valence-electron chi connectivity index (χ1n) is 13.8. The molecular weight excluding hydrogens is 635 g/mol. The molecule has 12 heteroatoms. The number of benzene rings is 3. The Hall–Kier alpha value is -2.60. The van der Waals surface area contributed by atoms with E-state index in [1.54, 1.807) is 37.7 Å². The fourth-order valence-corrected chi connectivity index (χ4v) is 5.95. The van der Waals surface area contributed by atoms with Gasteiger partial charge in [-0.1, -0.05) is 84.5 Å². The standard InChI is InChI=1S/C20H24ClN3O2S.C11H14ClN3S.CH4/c1-25-18-8-5-15(11-19(18)26-2)9-10-24-13-22-20(23-14-24)27-12-16-3-6-17(21)7-4-16;1-15-7-13-11(14-8-15)16-6-9-2-4-10(12)5-3-9;/h3-8,11H,9-10,12-14H2,1-2H3,(H,22,23);2-5H,6-8H2,1H3,(H,13,14);1H4. The number of rotatable bonds is 9. The monoisotopic (exact) mass is 676 g/mol. The molecule has 2 aliphatic rings. The van der Waals surface area contributed by atoms with Gasteiger partial charge in [-0.25, -0.2) is 9.98 Å². The van der Waals surface area contributed by atoms with Crippen molar-refractivity contribution in [1.29, 1.82) is 0 Å². The smallest absolute Gasteiger partial charge is 0.160 e. The van der Waals surface area contributed by atoms with Crippen LogP contribution in [0.15, 0.2) is 76.7 Å². The molecule has 0 spiro atoms. The number of methoxy groups -OCH3 is 2. The van der Waals surface area contributed by atoms with Gasteiger partial charge in [-0.3, -0.25) is 9.80 Å². The molecule has 0 amide bonds. The number of nitrogens with zero attached hydrogens (tertiary/aromatic N) is 4. The van der Waals surface area contributed by atoms with Crippen molar-refractivity contribution in [3.05, 3.63) is 93.5 Å². The van der Waals surface area contributed by atoms with Crippen molar-refractivity contribution in [2.24, 2.45) is 9.98 Å². The average Bonchev–Trinajstić information content (AvgIpc) is 3.04. The van der Waals surface area contributed by atoms with Gasteiger partial charge < -0.3 is 20.1 Å². The highest BCUT2D eigenvalue weighted by molar-refractivity contribution is 8.13. The molecule has 0 saturated carbocycles. The van der Waals surface area contributed by atoms with Crippen LogP contribution in [0.3, 0.4) is 0 Å². The van der Waals surface area contributed by atoms with Gasteiger partial charge >= 0.3 is 0 Å². The fraction of sp³-hybridized carbons (Fsp3) is 0.375. The van der Waals surface area contributed by atoms with Crippen LogP contribution in [-0.4, -0.2) is 74.6 Å². The second-order valence-electron chi connectivity index (χ2n) is 9.90. The average molecular weight is 678 g/mol. The highest BCUT2D eigenvalue weighted by Gasteiger charge is 2.13. The molecule has 8 nitrogen and oxygen atoms in total. The highest BCUT2D eigenvalue weighted by atomic mass is 35.5. The summed E-state index contributed by atoms with van der Waals surface area (Å²) in [6.45, 7) is 4.09. The molecule has 0 aliphatic carbocycles. The third kappa shape index (κ3) is 12.1. The van der Waals surface area contributed by atoms with Crippen LogP contribution in [0.4, 0.5) is 0 Å². The van der Waals surface area contributed by atoms with Crippen molar-refractivity contribution >= 4 is 57.1 Å². The van der Waals surface area contributed by atoms with Crippen molar-refractivity contribution in [1.82, 2.24) is 20.4 Å². The molecule has 2 N–H and O–H groups in total. The normalized spacial score (nSPS) is 14.9. The van der Waals surface area contributed by atoms with E-state index < -0.39 is 0 Å². The molecule has 0 bridgehead atoms. The summed E-state index contributed by atoms with van der Waals surface area (Å²) in [4.78, 5) is 13.5. The van der Waals surface area contributed by atoms with Gasteiger partial charge in [0, 0.05) is 28.1 Å². The van der Waals surface area contributed by atoms with Crippen LogP contribution in [0, 0.1) is 0 Å². The molecule has 0 unspecified atom stereocenters. The zero-order chi connectivity index (χ0) is 30.4. The molecule has 0 aromatic heterocycles. The third-order valence-electron chi connectivity index (χ3n) is 6.57. The summed E-state index contributed by atoms with van der Waals surface area (Å²) in [6, 6.07) is 21.9. The second kappa shape index (κ2) is 19.0. The summed E-state index contributed by atoms with van der Waals surface area (Å²) in [7, 11) is 5.35. The van der Waals surface area contributed by atoms with E-state index in [2.05, 4.69) is 36.5 Å². The van der Waals surface area contributed by atoms with Crippen LogP contribution in [0.2, 0.25) is 10.0 Å². The molecule has 3 aromatic carbocycles.